The summed E-state index contributed by atoms with van der Waals surface area (Å²) >= 11 is 0. The van der Waals surface area contributed by atoms with Gasteiger partial charge in [-0.3, -0.25) is 0 Å². The van der Waals surface area contributed by atoms with Crippen LogP contribution in [0.15, 0.2) is 33.4 Å². The second-order valence-electron chi connectivity index (χ2n) is 4.63. The number of allylic oxidation sites excluding steroid dienone is 6. The molecule has 0 atom stereocenters. The van der Waals surface area contributed by atoms with Crippen LogP contribution >= 0.6 is 0 Å². The highest BCUT2D eigenvalue weighted by atomic mass is 14.3. The molecule has 0 bridgehead atoms. The smallest absolute Gasteiger partial charge is 0.0119 e. The van der Waals surface area contributed by atoms with Crippen LogP contribution in [0, 0.1) is 12.8 Å². The van der Waals surface area contributed by atoms with E-state index >= 15 is 0 Å². The van der Waals surface area contributed by atoms with Gasteiger partial charge in [-0.25, -0.2) is 0 Å². The lowest BCUT2D eigenvalue weighted by Gasteiger charge is -2.27. The van der Waals surface area contributed by atoms with Crippen LogP contribution in [0.5, 0.6) is 0 Å². The van der Waals surface area contributed by atoms with Crippen molar-refractivity contribution in [3.8, 4) is 0 Å². The lowest BCUT2D eigenvalue weighted by molar-refractivity contribution is 0.904. The second kappa shape index (κ2) is 3.42. The van der Waals surface area contributed by atoms with Crippen LogP contribution in [0.4, 0.5) is 0 Å². The molecular formula is C14H18. The summed E-state index contributed by atoms with van der Waals surface area (Å²) in [5.41, 5.74) is 9.04. The summed E-state index contributed by atoms with van der Waals surface area (Å²) in [7, 11) is 0. The minimum Gasteiger partial charge on any atom is -0.0697 e. The van der Waals surface area contributed by atoms with Crippen molar-refractivity contribution in [2.24, 2.45) is 0 Å². The van der Waals surface area contributed by atoms with Gasteiger partial charge in [-0.15, -0.1) is 0 Å². The molecule has 0 nitrogen and oxygen atoms in total. The third kappa shape index (κ3) is 1.58. The zero-order valence-electron chi connectivity index (χ0n) is 9.57. The number of rotatable bonds is 0. The molecular weight excluding hydrogens is 168 g/mol. The van der Waals surface area contributed by atoms with E-state index in [1.807, 2.05) is 0 Å². The molecule has 0 aromatic rings. The van der Waals surface area contributed by atoms with E-state index < -0.39 is 0 Å². The third-order valence-corrected chi connectivity index (χ3v) is 3.46. The van der Waals surface area contributed by atoms with E-state index in [-0.39, 0.29) is 0 Å². The molecule has 74 valence electrons. The van der Waals surface area contributed by atoms with E-state index in [0.717, 1.165) is 0 Å². The summed E-state index contributed by atoms with van der Waals surface area (Å²) in [6, 6.07) is 0. The molecule has 0 saturated heterocycles. The minimum atomic E-state index is 1.18. The summed E-state index contributed by atoms with van der Waals surface area (Å²) in [6.45, 7) is 8.92. The highest BCUT2D eigenvalue weighted by molar-refractivity contribution is 5.53. The first-order chi connectivity index (χ1) is 6.58. The standard InChI is InChI=1S/C14H18/c1-9-5-13-7-11(3)12(4)8-14(13)6-10(9)2/h5,7H,6,8H2,1-4H3. The minimum absolute atomic E-state index is 1.18. The Bertz CT molecular complexity index is 293. The first-order valence-electron chi connectivity index (χ1n) is 5.32. The van der Waals surface area contributed by atoms with Crippen molar-refractivity contribution >= 4 is 0 Å². The van der Waals surface area contributed by atoms with Gasteiger partial charge in [0, 0.05) is 12.8 Å². The maximum atomic E-state index is 2.34. The second-order valence-corrected chi connectivity index (χ2v) is 4.63. The van der Waals surface area contributed by atoms with Crippen LogP contribution in [0.2, 0.25) is 0 Å². The quantitative estimate of drug-likeness (QED) is 0.532. The lowest BCUT2D eigenvalue weighted by atomic mass is 9.78. The predicted octanol–water partition coefficient (Wildman–Crippen LogP) is 4.17. The van der Waals surface area contributed by atoms with Gasteiger partial charge in [-0.1, -0.05) is 33.4 Å². The zero-order valence-corrected chi connectivity index (χ0v) is 9.57. The molecule has 0 aliphatic heterocycles. The molecule has 2 radical (unpaired) electrons. The van der Waals surface area contributed by atoms with Crippen molar-refractivity contribution in [3.63, 3.8) is 0 Å². The maximum Gasteiger partial charge on any atom is 0.0119 e. The van der Waals surface area contributed by atoms with E-state index in [1.165, 1.54) is 40.7 Å². The van der Waals surface area contributed by atoms with Crippen molar-refractivity contribution in [1.82, 2.24) is 0 Å². The van der Waals surface area contributed by atoms with Crippen LogP contribution in [0.3, 0.4) is 0 Å². The Hall–Kier alpha value is -0.780. The van der Waals surface area contributed by atoms with Crippen LogP contribution in [0.1, 0.15) is 40.5 Å². The van der Waals surface area contributed by atoms with Gasteiger partial charge < -0.3 is 0 Å². The van der Waals surface area contributed by atoms with Crippen molar-refractivity contribution in [2.45, 2.75) is 40.5 Å². The van der Waals surface area contributed by atoms with Gasteiger partial charge in [0.1, 0.15) is 0 Å². The summed E-state index contributed by atoms with van der Waals surface area (Å²) in [6.07, 6.45) is 7.03. The average Bonchev–Trinajstić information content (AvgIpc) is 2.11. The van der Waals surface area contributed by atoms with E-state index in [4.69, 9.17) is 0 Å². The highest BCUT2D eigenvalue weighted by Gasteiger charge is 2.20. The summed E-state index contributed by atoms with van der Waals surface area (Å²) in [5, 5.41) is 0. The average molecular weight is 186 g/mol. The number of hydrogen-bond donors (Lipinski definition) is 0. The topological polar surface area (TPSA) is 0 Å². The zero-order chi connectivity index (χ0) is 10.3. The van der Waals surface area contributed by atoms with E-state index in [2.05, 4.69) is 40.5 Å². The van der Waals surface area contributed by atoms with E-state index in [0.29, 0.717) is 0 Å². The first kappa shape index (κ1) is 9.76. The largest absolute Gasteiger partial charge is 0.0697 e. The first-order valence-corrected chi connectivity index (χ1v) is 5.32. The maximum absolute atomic E-state index is 2.34. The normalized spacial score (nSPS) is 23.1. The van der Waals surface area contributed by atoms with Crippen molar-refractivity contribution < 1.29 is 0 Å². The van der Waals surface area contributed by atoms with Gasteiger partial charge >= 0.3 is 0 Å². The van der Waals surface area contributed by atoms with Gasteiger partial charge in [-0.05, 0) is 40.5 Å². The van der Waals surface area contributed by atoms with Crippen LogP contribution in [-0.2, 0) is 0 Å². The fraction of sp³-hybridized carbons (Fsp3) is 0.429. The molecule has 0 saturated carbocycles. The van der Waals surface area contributed by atoms with Crippen molar-refractivity contribution in [1.29, 1.82) is 0 Å². The van der Waals surface area contributed by atoms with Gasteiger partial charge in [0.05, 0.1) is 0 Å². The SMILES string of the molecule is CC1=C(C)CC2=C([CH]1)[CH]C(C)=C(C)C2. The fourth-order valence-corrected chi connectivity index (χ4v) is 2.14. The van der Waals surface area contributed by atoms with E-state index in [1.54, 1.807) is 5.57 Å². The molecule has 0 aromatic carbocycles. The lowest BCUT2D eigenvalue weighted by Crippen LogP contribution is -2.09. The van der Waals surface area contributed by atoms with Gasteiger partial charge in [0.25, 0.3) is 0 Å². The Labute approximate surface area is 87.4 Å². The Balaban J connectivity index is 2.23. The molecule has 0 fully saturated rings. The van der Waals surface area contributed by atoms with Crippen molar-refractivity contribution in [2.75, 3.05) is 0 Å². The molecule has 14 heavy (non-hydrogen) atoms. The molecule has 0 aromatic heterocycles. The molecule has 0 heterocycles. The molecule has 0 amide bonds. The summed E-state index contributed by atoms with van der Waals surface area (Å²) < 4.78 is 0. The Morgan fingerprint density at radius 3 is 1.64 bits per heavy atom. The Morgan fingerprint density at radius 2 is 1.21 bits per heavy atom. The monoisotopic (exact) mass is 186 g/mol. The van der Waals surface area contributed by atoms with Gasteiger partial charge in [-0.2, -0.15) is 0 Å². The van der Waals surface area contributed by atoms with Crippen LogP contribution in [0.25, 0.3) is 0 Å². The summed E-state index contributed by atoms with van der Waals surface area (Å²) in [5.74, 6) is 0. The van der Waals surface area contributed by atoms with E-state index in [9.17, 15) is 0 Å². The Kier molecular flexibility index (Phi) is 2.38. The molecule has 2 aliphatic carbocycles. The molecule has 0 unspecified atom stereocenters. The molecule has 0 spiro atoms. The van der Waals surface area contributed by atoms with Crippen molar-refractivity contribution in [3.05, 3.63) is 46.3 Å². The molecule has 2 aliphatic rings. The van der Waals surface area contributed by atoms with Gasteiger partial charge in [0.2, 0.25) is 0 Å². The summed E-state index contributed by atoms with van der Waals surface area (Å²) in [4.78, 5) is 0. The van der Waals surface area contributed by atoms with Gasteiger partial charge in [0.15, 0.2) is 0 Å². The van der Waals surface area contributed by atoms with Crippen LogP contribution in [-0.4, -0.2) is 0 Å². The molecule has 0 N–H and O–H groups in total. The molecule has 2 rings (SSSR count). The highest BCUT2D eigenvalue weighted by Crippen LogP contribution is 2.38. The third-order valence-electron chi connectivity index (χ3n) is 3.46. The molecule has 0 heteroatoms. The predicted molar refractivity (Wildman–Crippen MR) is 61.6 cm³/mol. The fourth-order valence-electron chi connectivity index (χ4n) is 2.14. The van der Waals surface area contributed by atoms with Crippen LogP contribution < -0.4 is 0 Å². The Morgan fingerprint density at radius 1 is 0.786 bits per heavy atom. The number of hydrogen-bond acceptors (Lipinski definition) is 0.